The summed E-state index contributed by atoms with van der Waals surface area (Å²) >= 11 is 0. The predicted octanol–water partition coefficient (Wildman–Crippen LogP) is -0.996. The summed E-state index contributed by atoms with van der Waals surface area (Å²) < 4.78 is 33.1. The van der Waals surface area contributed by atoms with Crippen molar-refractivity contribution >= 4 is 11.9 Å². The average Bonchev–Trinajstić information content (AvgIpc) is 3.25. The standard InChI is InChI=1S/C26H28O14/c1-35-24-15(5-3-11-18(30)16(38-23(11)24)7-10-2-4-12(27)13(28)6-10)39-26-22(34)20(32)17(9-37-26)40-25-21(33)19(31)14(29)8-36-25/h2-7,14,17,19-22,25-29,31-34H,8-9H2,1H3/b16-7-. The van der Waals surface area contributed by atoms with Crippen molar-refractivity contribution in [2.45, 2.75) is 49.2 Å². The molecule has 0 saturated carbocycles. The fourth-order valence-corrected chi connectivity index (χ4v) is 4.46. The lowest BCUT2D eigenvalue weighted by molar-refractivity contribution is -0.320. The van der Waals surface area contributed by atoms with Crippen molar-refractivity contribution in [1.82, 2.24) is 0 Å². The molecule has 14 nitrogen and oxygen atoms in total. The second-order valence-corrected chi connectivity index (χ2v) is 9.39. The summed E-state index contributed by atoms with van der Waals surface area (Å²) in [6.07, 6.45) is -10.2. The maximum absolute atomic E-state index is 12.9. The van der Waals surface area contributed by atoms with Crippen LogP contribution in [0.2, 0.25) is 0 Å². The fraction of sp³-hybridized carbons (Fsp3) is 0.423. The summed E-state index contributed by atoms with van der Waals surface area (Å²) in [7, 11) is 1.31. The number of benzene rings is 2. The number of carbonyl (C=O) groups excluding carboxylic acids is 1. The van der Waals surface area contributed by atoms with Gasteiger partial charge in [-0.15, -0.1) is 0 Å². The van der Waals surface area contributed by atoms with E-state index >= 15 is 0 Å². The molecule has 0 amide bonds. The van der Waals surface area contributed by atoms with E-state index in [-0.39, 0.29) is 53.3 Å². The van der Waals surface area contributed by atoms with E-state index in [4.69, 9.17) is 28.4 Å². The number of carbonyl (C=O) groups is 1. The zero-order valence-electron chi connectivity index (χ0n) is 21.0. The summed E-state index contributed by atoms with van der Waals surface area (Å²) in [5, 5.41) is 70.0. The van der Waals surface area contributed by atoms with Gasteiger partial charge in [0.15, 0.2) is 35.0 Å². The minimum Gasteiger partial charge on any atom is -0.504 e. The van der Waals surface area contributed by atoms with Crippen LogP contribution in [0.1, 0.15) is 15.9 Å². The summed E-state index contributed by atoms with van der Waals surface area (Å²) in [5.74, 6) is -1.16. The van der Waals surface area contributed by atoms with E-state index in [2.05, 4.69) is 0 Å². The monoisotopic (exact) mass is 564 g/mol. The van der Waals surface area contributed by atoms with Gasteiger partial charge in [0.1, 0.15) is 36.6 Å². The van der Waals surface area contributed by atoms with Gasteiger partial charge in [-0.25, -0.2) is 0 Å². The van der Waals surface area contributed by atoms with Gasteiger partial charge in [-0.1, -0.05) is 6.07 Å². The van der Waals surface area contributed by atoms with Crippen molar-refractivity contribution in [3.8, 4) is 28.7 Å². The average molecular weight is 564 g/mol. The number of methoxy groups -OCH3 is 1. The van der Waals surface area contributed by atoms with Crippen LogP contribution in [-0.4, -0.2) is 111 Å². The number of aliphatic hydroxyl groups excluding tert-OH is 5. The number of rotatable bonds is 6. The Morgan fingerprint density at radius 3 is 2.33 bits per heavy atom. The summed E-state index contributed by atoms with van der Waals surface area (Å²) in [6, 6.07) is 6.81. The van der Waals surface area contributed by atoms with Crippen LogP contribution in [0.3, 0.4) is 0 Å². The molecule has 0 bridgehead atoms. The highest BCUT2D eigenvalue weighted by molar-refractivity contribution is 6.15. The lowest BCUT2D eigenvalue weighted by Gasteiger charge is -2.41. The lowest BCUT2D eigenvalue weighted by atomic mass is 10.0. The molecule has 2 saturated heterocycles. The number of phenolic OH excluding ortho intramolecular Hbond substituents is 2. The van der Waals surface area contributed by atoms with Crippen LogP contribution in [0.25, 0.3) is 6.08 Å². The molecular weight excluding hydrogens is 536 g/mol. The maximum Gasteiger partial charge on any atom is 0.232 e. The molecular formula is C26H28O14. The van der Waals surface area contributed by atoms with E-state index in [1.165, 1.54) is 43.5 Å². The van der Waals surface area contributed by atoms with E-state index in [0.717, 1.165) is 0 Å². The van der Waals surface area contributed by atoms with Crippen molar-refractivity contribution in [2.75, 3.05) is 20.3 Å². The summed E-state index contributed by atoms with van der Waals surface area (Å²) in [6.45, 7) is -0.611. The van der Waals surface area contributed by atoms with Gasteiger partial charge in [0.2, 0.25) is 17.8 Å². The molecule has 14 heteroatoms. The van der Waals surface area contributed by atoms with Gasteiger partial charge in [-0.2, -0.15) is 0 Å². The predicted molar refractivity (Wildman–Crippen MR) is 131 cm³/mol. The molecule has 3 aliphatic rings. The van der Waals surface area contributed by atoms with E-state index < -0.39 is 55.0 Å². The van der Waals surface area contributed by atoms with Gasteiger partial charge in [0.25, 0.3) is 0 Å². The van der Waals surface area contributed by atoms with Gasteiger partial charge >= 0.3 is 0 Å². The minimum absolute atomic E-state index is 0.0118. The zero-order chi connectivity index (χ0) is 28.7. The van der Waals surface area contributed by atoms with E-state index in [9.17, 15) is 40.5 Å². The van der Waals surface area contributed by atoms with Crippen LogP contribution in [0.15, 0.2) is 36.1 Å². The molecule has 3 heterocycles. The molecule has 8 unspecified atom stereocenters. The van der Waals surface area contributed by atoms with Crippen LogP contribution in [0.5, 0.6) is 28.7 Å². The summed E-state index contributed by atoms with van der Waals surface area (Å²) in [4.78, 5) is 12.9. The molecule has 2 aromatic carbocycles. The third-order valence-corrected chi connectivity index (χ3v) is 6.70. The highest BCUT2D eigenvalue weighted by atomic mass is 16.7. The number of ether oxygens (including phenoxy) is 6. The smallest absolute Gasteiger partial charge is 0.232 e. The number of allylic oxidation sites excluding steroid dienone is 1. The van der Waals surface area contributed by atoms with Crippen LogP contribution >= 0.6 is 0 Å². The Morgan fingerprint density at radius 1 is 0.875 bits per heavy atom. The van der Waals surface area contributed by atoms with Crippen molar-refractivity contribution in [1.29, 1.82) is 0 Å². The van der Waals surface area contributed by atoms with Gasteiger partial charge in [0, 0.05) is 0 Å². The molecule has 2 fully saturated rings. The molecule has 0 spiro atoms. The molecule has 0 aromatic heterocycles. The largest absolute Gasteiger partial charge is 0.504 e. The molecule has 0 radical (unpaired) electrons. The van der Waals surface area contributed by atoms with Crippen LogP contribution < -0.4 is 14.2 Å². The number of fused-ring (bicyclic) bond motifs is 1. The Hall–Kier alpha value is -3.47. The van der Waals surface area contributed by atoms with Crippen LogP contribution in [-0.2, 0) is 14.2 Å². The SMILES string of the molecule is COc1c(OC2OCC(OC3OCC(O)C(O)C3O)C(O)C2O)ccc2c1O/C(=C\c1ccc(O)c(O)c1)C2=O. The molecule has 216 valence electrons. The zero-order valence-corrected chi connectivity index (χ0v) is 21.0. The third kappa shape index (κ3) is 5.18. The summed E-state index contributed by atoms with van der Waals surface area (Å²) in [5.41, 5.74) is 0.554. The molecule has 0 aliphatic carbocycles. The number of aliphatic hydroxyl groups is 5. The molecule has 40 heavy (non-hydrogen) atoms. The quantitative estimate of drug-likeness (QED) is 0.166. The maximum atomic E-state index is 12.9. The number of phenols is 2. The molecule has 8 atom stereocenters. The van der Waals surface area contributed by atoms with E-state index in [0.29, 0.717) is 5.56 Å². The first-order chi connectivity index (χ1) is 19.1. The highest BCUT2D eigenvalue weighted by Gasteiger charge is 2.46. The van der Waals surface area contributed by atoms with Crippen molar-refractivity contribution in [2.24, 2.45) is 0 Å². The molecule has 5 rings (SSSR count). The normalized spacial score (nSPS) is 33.0. The van der Waals surface area contributed by atoms with Gasteiger partial charge in [0.05, 0.1) is 25.9 Å². The van der Waals surface area contributed by atoms with E-state index in [1.807, 2.05) is 0 Å². The second-order valence-electron chi connectivity index (χ2n) is 9.39. The Kier molecular flexibility index (Phi) is 7.85. The van der Waals surface area contributed by atoms with Crippen LogP contribution in [0, 0.1) is 0 Å². The first kappa shape index (κ1) is 28.1. The van der Waals surface area contributed by atoms with E-state index in [1.54, 1.807) is 0 Å². The number of hydrogen-bond donors (Lipinski definition) is 7. The minimum atomic E-state index is -1.65. The Labute approximate surface area is 226 Å². The number of Topliss-reactive ketones (excluding diaryl/α,β-unsaturated/α-hetero) is 1. The van der Waals surface area contributed by atoms with Crippen molar-refractivity contribution in [3.05, 3.63) is 47.2 Å². The van der Waals surface area contributed by atoms with Gasteiger partial charge < -0.3 is 64.2 Å². The topological polar surface area (TPSA) is 214 Å². The van der Waals surface area contributed by atoms with Crippen molar-refractivity contribution in [3.63, 3.8) is 0 Å². The molecule has 2 aromatic rings. The van der Waals surface area contributed by atoms with Crippen molar-refractivity contribution < 1.29 is 69.0 Å². The molecule has 7 N–H and O–H groups in total. The fourth-order valence-electron chi connectivity index (χ4n) is 4.46. The number of ketones is 1. The Bertz CT molecular complexity index is 1290. The highest BCUT2D eigenvalue weighted by Crippen LogP contribution is 2.46. The third-order valence-electron chi connectivity index (χ3n) is 6.70. The van der Waals surface area contributed by atoms with Crippen LogP contribution in [0.4, 0.5) is 0 Å². The van der Waals surface area contributed by atoms with Gasteiger partial charge in [-0.3, -0.25) is 4.79 Å². The second kappa shape index (κ2) is 11.2. The number of hydrogen-bond acceptors (Lipinski definition) is 14. The lowest BCUT2D eigenvalue weighted by Crippen LogP contribution is -2.60. The molecule has 3 aliphatic heterocycles. The first-order valence-electron chi connectivity index (χ1n) is 12.2. The Morgan fingerprint density at radius 2 is 1.60 bits per heavy atom. The number of aromatic hydroxyl groups is 2. The first-order valence-corrected chi connectivity index (χ1v) is 12.2. The van der Waals surface area contributed by atoms with Gasteiger partial charge in [-0.05, 0) is 35.9 Å². The Balaban J connectivity index is 1.29.